The van der Waals surface area contributed by atoms with Crippen molar-refractivity contribution < 1.29 is 4.74 Å². The first-order valence-electron chi connectivity index (χ1n) is 8.51. The van der Waals surface area contributed by atoms with Crippen LogP contribution in [0, 0.1) is 0 Å². The summed E-state index contributed by atoms with van der Waals surface area (Å²) in [6, 6.07) is 12.3. The molecular weight excluding hydrogens is 314 g/mol. The smallest absolute Gasteiger partial charge is 0.163 e. The molecule has 6 nitrogen and oxygen atoms in total. The topological polar surface area (TPSA) is 63.2 Å². The number of nitrogens with zero attached hydrogens (tertiary/aromatic N) is 4. The predicted octanol–water partition coefficient (Wildman–Crippen LogP) is 2.12. The average Bonchev–Trinajstić information content (AvgIpc) is 2.68. The van der Waals surface area contributed by atoms with Crippen LogP contribution >= 0.6 is 0 Å². The van der Waals surface area contributed by atoms with Crippen LogP contribution in [0.5, 0.6) is 0 Å². The van der Waals surface area contributed by atoms with Gasteiger partial charge < -0.3 is 15.0 Å². The molecule has 1 atom stereocenters. The number of hydrogen-bond donors (Lipinski definition) is 1. The van der Waals surface area contributed by atoms with Crippen LogP contribution in [0.25, 0.3) is 22.3 Å². The first-order chi connectivity index (χ1) is 12.3. The fourth-order valence-electron chi connectivity index (χ4n) is 3.13. The third-order valence-electron chi connectivity index (χ3n) is 4.36. The largest absolute Gasteiger partial charge is 0.378 e. The Balaban J connectivity index is 1.73. The van der Waals surface area contributed by atoms with E-state index in [1.807, 2.05) is 30.3 Å². The normalized spacial score (nSPS) is 17.6. The first-order valence-corrected chi connectivity index (χ1v) is 8.51. The Morgan fingerprint density at radius 2 is 2.12 bits per heavy atom. The van der Waals surface area contributed by atoms with Gasteiger partial charge in [0.15, 0.2) is 5.82 Å². The number of ether oxygens (including phenoxy) is 1. The van der Waals surface area contributed by atoms with E-state index in [-0.39, 0.29) is 0 Å². The van der Waals surface area contributed by atoms with Crippen molar-refractivity contribution >= 4 is 16.7 Å². The minimum atomic E-state index is 0.300. The number of hydrogen-bond acceptors (Lipinski definition) is 6. The highest BCUT2D eigenvalue weighted by atomic mass is 16.5. The zero-order valence-electron chi connectivity index (χ0n) is 14.2. The summed E-state index contributed by atoms with van der Waals surface area (Å²) < 4.78 is 5.57. The number of aromatic nitrogens is 3. The van der Waals surface area contributed by atoms with Gasteiger partial charge in [-0.1, -0.05) is 12.1 Å². The lowest BCUT2D eigenvalue weighted by molar-refractivity contribution is 0.0791. The second-order valence-corrected chi connectivity index (χ2v) is 6.24. The van der Waals surface area contributed by atoms with Crippen molar-refractivity contribution in [3.63, 3.8) is 0 Å². The van der Waals surface area contributed by atoms with Gasteiger partial charge in [0.2, 0.25) is 0 Å². The molecule has 25 heavy (non-hydrogen) atoms. The Morgan fingerprint density at radius 3 is 2.92 bits per heavy atom. The SMILES string of the molecule is CN(CC1COCCN1)c1nc(-c2cccnc2)nc2ccccc12. The summed E-state index contributed by atoms with van der Waals surface area (Å²) >= 11 is 0. The number of anilines is 1. The fourth-order valence-corrected chi connectivity index (χ4v) is 3.13. The molecule has 1 N–H and O–H groups in total. The fraction of sp³-hybridized carbons (Fsp3) is 0.316. The highest BCUT2D eigenvalue weighted by Crippen LogP contribution is 2.26. The van der Waals surface area contributed by atoms with E-state index in [1.165, 1.54) is 0 Å². The van der Waals surface area contributed by atoms with Crippen LogP contribution in [-0.2, 0) is 4.74 Å². The molecule has 1 saturated heterocycles. The second-order valence-electron chi connectivity index (χ2n) is 6.24. The van der Waals surface area contributed by atoms with Crippen LogP contribution in [0.2, 0.25) is 0 Å². The molecule has 128 valence electrons. The highest BCUT2D eigenvalue weighted by Gasteiger charge is 2.18. The van der Waals surface area contributed by atoms with E-state index in [4.69, 9.17) is 14.7 Å². The Bertz CT molecular complexity index is 849. The molecule has 2 aromatic heterocycles. The molecule has 1 fully saturated rings. The zero-order chi connectivity index (χ0) is 17.1. The number of benzene rings is 1. The molecule has 0 aliphatic carbocycles. The molecule has 0 spiro atoms. The molecule has 1 aromatic carbocycles. The van der Waals surface area contributed by atoms with Crippen molar-refractivity contribution in [2.45, 2.75) is 6.04 Å². The summed E-state index contributed by atoms with van der Waals surface area (Å²) in [5.41, 5.74) is 1.85. The molecule has 1 aliphatic rings. The van der Waals surface area contributed by atoms with Crippen molar-refractivity contribution in [3.05, 3.63) is 48.8 Å². The van der Waals surface area contributed by atoms with Crippen molar-refractivity contribution in [1.82, 2.24) is 20.3 Å². The monoisotopic (exact) mass is 335 g/mol. The number of morpholine rings is 1. The van der Waals surface area contributed by atoms with Gasteiger partial charge in [-0.05, 0) is 24.3 Å². The van der Waals surface area contributed by atoms with E-state index in [1.54, 1.807) is 12.4 Å². The van der Waals surface area contributed by atoms with Gasteiger partial charge in [0.1, 0.15) is 5.82 Å². The van der Waals surface area contributed by atoms with Gasteiger partial charge in [0, 0.05) is 49.5 Å². The van der Waals surface area contributed by atoms with Gasteiger partial charge in [0.25, 0.3) is 0 Å². The quantitative estimate of drug-likeness (QED) is 0.788. The summed E-state index contributed by atoms with van der Waals surface area (Å²) in [6.07, 6.45) is 3.55. The van der Waals surface area contributed by atoms with Crippen LogP contribution in [0.4, 0.5) is 5.82 Å². The summed E-state index contributed by atoms with van der Waals surface area (Å²) in [4.78, 5) is 15.9. The molecule has 0 saturated carbocycles. The molecule has 0 radical (unpaired) electrons. The van der Waals surface area contributed by atoms with E-state index in [0.29, 0.717) is 11.9 Å². The minimum Gasteiger partial charge on any atom is -0.378 e. The Kier molecular flexibility index (Phi) is 4.54. The number of likely N-dealkylation sites (N-methyl/N-ethyl adjacent to an activating group) is 1. The van der Waals surface area contributed by atoms with E-state index >= 15 is 0 Å². The van der Waals surface area contributed by atoms with Crippen LogP contribution in [-0.4, -0.2) is 54.3 Å². The molecule has 4 rings (SSSR count). The molecule has 1 aliphatic heterocycles. The number of nitrogens with one attached hydrogen (secondary N) is 1. The lowest BCUT2D eigenvalue weighted by Gasteiger charge is -2.29. The maximum atomic E-state index is 5.57. The molecule has 1 unspecified atom stereocenters. The summed E-state index contributed by atoms with van der Waals surface area (Å²) in [5, 5.41) is 4.54. The van der Waals surface area contributed by atoms with E-state index in [2.05, 4.69) is 28.3 Å². The third-order valence-corrected chi connectivity index (χ3v) is 4.36. The average molecular weight is 335 g/mol. The predicted molar refractivity (Wildman–Crippen MR) is 98.6 cm³/mol. The van der Waals surface area contributed by atoms with Gasteiger partial charge in [-0.25, -0.2) is 9.97 Å². The van der Waals surface area contributed by atoms with Crippen LogP contribution in [0.1, 0.15) is 0 Å². The van der Waals surface area contributed by atoms with Gasteiger partial charge in [0.05, 0.1) is 18.7 Å². The summed E-state index contributed by atoms with van der Waals surface area (Å²) in [5.74, 6) is 1.62. The zero-order valence-corrected chi connectivity index (χ0v) is 14.2. The third kappa shape index (κ3) is 3.45. The Labute approximate surface area is 146 Å². The number of para-hydroxylation sites is 1. The van der Waals surface area contributed by atoms with Crippen LogP contribution < -0.4 is 10.2 Å². The van der Waals surface area contributed by atoms with Crippen LogP contribution in [0.15, 0.2) is 48.8 Å². The Morgan fingerprint density at radius 1 is 1.20 bits per heavy atom. The molecule has 0 amide bonds. The highest BCUT2D eigenvalue weighted by molar-refractivity contribution is 5.90. The maximum absolute atomic E-state index is 5.57. The lowest BCUT2D eigenvalue weighted by atomic mass is 10.2. The number of fused-ring (bicyclic) bond motifs is 1. The second kappa shape index (κ2) is 7.13. The number of pyridine rings is 1. The first kappa shape index (κ1) is 15.9. The summed E-state index contributed by atoms with van der Waals surface area (Å²) in [6.45, 7) is 3.22. The van der Waals surface area contributed by atoms with Gasteiger partial charge in [-0.3, -0.25) is 4.98 Å². The number of rotatable bonds is 4. The van der Waals surface area contributed by atoms with E-state index in [0.717, 1.165) is 48.6 Å². The molecule has 3 heterocycles. The van der Waals surface area contributed by atoms with Gasteiger partial charge >= 0.3 is 0 Å². The molecule has 6 heteroatoms. The van der Waals surface area contributed by atoms with Crippen molar-refractivity contribution in [1.29, 1.82) is 0 Å². The minimum absolute atomic E-state index is 0.300. The molecular formula is C19H21N5O. The Hall–Kier alpha value is -2.57. The van der Waals surface area contributed by atoms with Crippen molar-refractivity contribution in [2.24, 2.45) is 0 Å². The van der Waals surface area contributed by atoms with Gasteiger partial charge in [-0.2, -0.15) is 0 Å². The van der Waals surface area contributed by atoms with Crippen LogP contribution in [0.3, 0.4) is 0 Å². The molecule has 0 bridgehead atoms. The standard InChI is InChI=1S/C19H21N5O/c1-24(12-15-13-25-10-9-21-15)19-16-6-2-3-7-17(16)22-18(23-19)14-5-4-8-20-11-14/h2-8,11,15,21H,9-10,12-13H2,1H3. The van der Waals surface area contributed by atoms with Gasteiger partial charge in [-0.15, -0.1) is 0 Å². The lowest BCUT2D eigenvalue weighted by Crippen LogP contribution is -2.47. The van der Waals surface area contributed by atoms with E-state index in [9.17, 15) is 0 Å². The summed E-state index contributed by atoms with van der Waals surface area (Å²) in [7, 11) is 2.07. The van der Waals surface area contributed by atoms with Crippen molar-refractivity contribution in [3.8, 4) is 11.4 Å². The van der Waals surface area contributed by atoms with E-state index < -0.39 is 0 Å². The maximum Gasteiger partial charge on any atom is 0.163 e. The molecule has 3 aromatic rings. The van der Waals surface area contributed by atoms with Crippen molar-refractivity contribution in [2.75, 3.05) is 38.3 Å².